The predicted octanol–water partition coefficient (Wildman–Crippen LogP) is 2.56. The largest absolute Gasteiger partial charge is 0.463 e. The van der Waals surface area contributed by atoms with E-state index in [1.54, 1.807) is 0 Å². The van der Waals surface area contributed by atoms with E-state index in [1.807, 2.05) is 19.9 Å². The predicted molar refractivity (Wildman–Crippen MR) is 83.5 cm³/mol. The van der Waals surface area contributed by atoms with Gasteiger partial charge in [0.15, 0.2) is 5.78 Å². The third-order valence-corrected chi connectivity index (χ3v) is 3.50. The molecule has 1 aliphatic carbocycles. The van der Waals surface area contributed by atoms with Crippen LogP contribution in [0, 0.1) is 0 Å². The van der Waals surface area contributed by atoms with Crippen LogP contribution >= 0.6 is 0 Å². The number of Topliss-reactive ketones (excluding diaryl/α,β-unsaturated/α-hetero) is 1. The fraction of sp³-hybridized carbons (Fsp3) is 0.765. The molecule has 1 N–H and O–H groups in total. The molecule has 1 aliphatic rings. The number of carbonyl (C=O) groups is 2. The molecule has 5 heteroatoms. The highest BCUT2D eigenvalue weighted by Crippen LogP contribution is 2.22. The molecule has 0 radical (unpaired) electrons. The lowest BCUT2D eigenvalue weighted by Crippen LogP contribution is -2.11. The second kappa shape index (κ2) is 10.5. The number of unbranched alkanes of at least 4 members (excludes halogenated alkanes) is 3. The zero-order chi connectivity index (χ0) is 16.4. The Kier molecular flexibility index (Phi) is 9.01. The minimum Gasteiger partial charge on any atom is -0.463 e. The Morgan fingerprint density at radius 2 is 2.05 bits per heavy atom. The molecule has 0 spiro atoms. The van der Waals surface area contributed by atoms with Crippen molar-refractivity contribution in [3.63, 3.8) is 0 Å². The number of ketones is 1. The summed E-state index contributed by atoms with van der Waals surface area (Å²) in [5.41, 5.74) is 0.849. The normalized spacial score (nSPS) is 17.9. The quantitative estimate of drug-likeness (QED) is 0.469. The minimum atomic E-state index is -0.166. The number of ether oxygens (including phenoxy) is 2. The number of esters is 1. The van der Waals surface area contributed by atoms with Crippen molar-refractivity contribution in [2.24, 2.45) is 0 Å². The standard InChI is InChI=1S/C17H28O5/c1-13(2)22-17(20)8-6-4-3-5-7-14-11-15(12-16(14)19)21-10-9-18/h11,13,15,18H,3-10,12H2,1-2H3. The highest BCUT2D eigenvalue weighted by atomic mass is 16.5. The summed E-state index contributed by atoms with van der Waals surface area (Å²) in [5.74, 6) is 0.0241. The van der Waals surface area contributed by atoms with Crippen LogP contribution in [0.5, 0.6) is 0 Å². The van der Waals surface area contributed by atoms with Crippen molar-refractivity contribution in [1.82, 2.24) is 0 Å². The van der Waals surface area contributed by atoms with Crippen LogP contribution in [0.15, 0.2) is 11.6 Å². The van der Waals surface area contributed by atoms with Crippen LogP contribution in [0.4, 0.5) is 0 Å². The van der Waals surface area contributed by atoms with E-state index in [0.717, 1.165) is 37.7 Å². The average molecular weight is 312 g/mol. The van der Waals surface area contributed by atoms with Crippen LogP contribution in [0.3, 0.4) is 0 Å². The van der Waals surface area contributed by atoms with Gasteiger partial charge in [-0.05, 0) is 44.8 Å². The Balaban J connectivity index is 2.09. The first-order valence-electron chi connectivity index (χ1n) is 8.18. The highest BCUT2D eigenvalue weighted by molar-refractivity contribution is 5.98. The Labute approximate surface area is 132 Å². The van der Waals surface area contributed by atoms with Gasteiger partial charge in [0.2, 0.25) is 0 Å². The zero-order valence-corrected chi connectivity index (χ0v) is 13.7. The van der Waals surface area contributed by atoms with Gasteiger partial charge < -0.3 is 14.6 Å². The lowest BCUT2D eigenvalue weighted by atomic mass is 10.0. The Morgan fingerprint density at radius 1 is 1.32 bits per heavy atom. The van der Waals surface area contributed by atoms with Crippen molar-refractivity contribution >= 4 is 11.8 Å². The van der Waals surface area contributed by atoms with Crippen LogP contribution in [0.1, 0.15) is 58.8 Å². The number of rotatable bonds is 11. The molecule has 22 heavy (non-hydrogen) atoms. The first-order valence-corrected chi connectivity index (χ1v) is 8.18. The topological polar surface area (TPSA) is 72.8 Å². The maximum absolute atomic E-state index is 11.8. The van der Waals surface area contributed by atoms with E-state index in [2.05, 4.69) is 0 Å². The summed E-state index contributed by atoms with van der Waals surface area (Å²) in [4.78, 5) is 23.1. The number of hydrogen-bond acceptors (Lipinski definition) is 5. The van der Waals surface area contributed by atoms with E-state index in [0.29, 0.717) is 12.8 Å². The van der Waals surface area contributed by atoms with Gasteiger partial charge in [-0.25, -0.2) is 0 Å². The number of hydrogen-bond donors (Lipinski definition) is 1. The van der Waals surface area contributed by atoms with Crippen molar-refractivity contribution in [2.45, 2.75) is 71.0 Å². The van der Waals surface area contributed by atoms with Crippen molar-refractivity contribution in [1.29, 1.82) is 0 Å². The molecular formula is C17H28O5. The van der Waals surface area contributed by atoms with Crippen LogP contribution in [0.2, 0.25) is 0 Å². The fourth-order valence-electron chi connectivity index (χ4n) is 2.48. The van der Waals surface area contributed by atoms with Crippen molar-refractivity contribution in [3.05, 3.63) is 11.6 Å². The molecule has 0 bridgehead atoms. The van der Waals surface area contributed by atoms with Crippen molar-refractivity contribution in [3.8, 4) is 0 Å². The molecule has 1 rings (SSSR count). The average Bonchev–Trinajstić information content (AvgIpc) is 2.80. The summed E-state index contributed by atoms with van der Waals surface area (Å²) in [5, 5.41) is 8.71. The first-order chi connectivity index (χ1) is 10.5. The third-order valence-electron chi connectivity index (χ3n) is 3.50. The van der Waals surface area contributed by atoms with Gasteiger partial charge in [0.25, 0.3) is 0 Å². The molecule has 0 saturated carbocycles. The fourth-order valence-corrected chi connectivity index (χ4v) is 2.48. The second-order valence-corrected chi connectivity index (χ2v) is 5.90. The Hall–Kier alpha value is -1.20. The molecule has 1 atom stereocenters. The molecule has 0 aromatic carbocycles. The summed E-state index contributed by atoms with van der Waals surface area (Å²) < 4.78 is 10.4. The molecule has 0 fully saturated rings. The van der Waals surface area contributed by atoms with Gasteiger partial charge in [0.1, 0.15) is 0 Å². The lowest BCUT2D eigenvalue weighted by molar-refractivity contribution is -0.147. The molecule has 0 aliphatic heterocycles. The second-order valence-electron chi connectivity index (χ2n) is 5.90. The summed E-state index contributed by atoms with van der Waals surface area (Å²) >= 11 is 0. The van der Waals surface area contributed by atoms with E-state index >= 15 is 0 Å². The van der Waals surface area contributed by atoms with Crippen LogP contribution in [0.25, 0.3) is 0 Å². The van der Waals surface area contributed by atoms with Gasteiger partial charge >= 0.3 is 5.97 Å². The number of carbonyl (C=O) groups excluding carboxylic acids is 2. The van der Waals surface area contributed by atoms with Gasteiger partial charge in [-0.2, -0.15) is 0 Å². The maximum atomic E-state index is 11.8. The Bertz CT molecular complexity index is 387. The Morgan fingerprint density at radius 3 is 2.73 bits per heavy atom. The maximum Gasteiger partial charge on any atom is 0.306 e. The minimum absolute atomic E-state index is 0.0207. The molecule has 0 aromatic rings. The van der Waals surface area contributed by atoms with Crippen molar-refractivity contribution < 1.29 is 24.2 Å². The molecule has 1 unspecified atom stereocenters. The van der Waals surface area contributed by atoms with Crippen LogP contribution in [-0.2, 0) is 19.1 Å². The van der Waals surface area contributed by atoms with Gasteiger partial charge in [-0.1, -0.05) is 12.8 Å². The van der Waals surface area contributed by atoms with Crippen LogP contribution < -0.4 is 0 Å². The summed E-state index contributed by atoms with van der Waals surface area (Å²) in [6.45, 7) is 3.95. The van der Waals surface area contributed by atoms with E-state index in [-0.39, 0.29) is 37.2 Å². The monoisotopic (exact) mass is 312 g/mol. The van der Waals surface area contributed by atoms with E-state index < -0.39 is 0 Å². The number of allylic oxidation sites excluding steroid dienone is 1. The van der Waals surface area contributed by atoms with Gasteiger partial charge in [0.05, 0.1) is 25.4 Å². The molecule has 5 nitrogen and oxygen atoms in total. The summed E-state index contributed by atoms with van der Waals surface area (Å²) in [7, 11) is 0. The van der Waals surface area contributed by atoms with E-state index in [4.69, 9.17) is 14.6 Å². The molecule has 0 heterocycles. The van der Waals surface area contributed by atoms with Gasteiger partial charge in [-0.3, -0.25) is 9.59 Å². The molecular weight excluding hydrogens is 284 g/mol. The third kappa shape index (κ3) is 7.71. The number of aliphatic hydroxyl groups is 1. The number of aliphatic hydroxyl groups excluding tert-OH is 1. The zero-order valence-electron chi connectivity index (χ0n) is 13.7. The summed E-state index contributed by atoms with van der Waals surface area (Å²) in [6.07, 6.45) is 7.07. The first kappa shape index (κ1) is 18.8. The van der Waals surface area contributed by atoms with Gasteiger partial charge in [0, 0.05) is 12.8 Å². The molecule has 126 valence electrons. The van der Waals surface area contributed by atoms with Crippen LogP contribution in [-0.4, -0.2) is 42.3 Å². The smallest absolute Gasteiger partial charge is 0.306 e. The van der Waals surface area contributed by atoms with Gasteiger partial charge in [-0.15, -0.1) is 0 Å². The molecule has 0 saturated heterocycles. The summed E-state index contributed by atoms with van der Waals surface area (Å²) in [6, 6.07) is 0. The van der Waals surface area contributed by atoms with Crippen molar-refractivity contribution in [2.75, 3.05) is 13.2 Å². The molecule has 0 aromatic heterocycles. The molecule has 0 amide bonds. The highest BCUT2D eigenvalue weighted by Gasteiger charge is 2.23. The van der Waals surface area contributed by atoms with E-state index in [9.17, 15) is 9.59 Å². The van der Waals surface area contributed by atoms with E-state index in [1.165, 1.54) is 0 Å². The lowest BCUT2D eigenvalue weighted by Gasteiger charge is -2.07. The SMILES string of the molecule is CC(C)OC(=O)CCCCCCC1=CC(OCCO)CC1=O.